The summed E-state index contributed by atoms with van der Waals surface area (Å²) in [4.78, 5) is 11.3. The highest BCUT2D eigenvalue weighted by atomic mass is 16.5. The van der Waals surface area contributed by atoms with Crippen molar-refractivity contribution in [2.24, 2.45) is 0 Å². The maximum absolute atomic E-state index is 11.3. The van der Waals surface area contributed by atoms with Crippen molar-refractivity contribution in [2.45, 2.75) is 30.5 Å². The molecule has 1 aromatic carbocycles. The van der Waals surface area contributed by atoms with Crippen LogP contribution in [-0.4, -0.2) is 77.8 Å². The summed E-state index contributed by atoms with van der Waals surface area (Å²) in [6.45, 7) is -0.755. The summed E-state index contributed by atoms with van der Waals surface area (Å²) in [7, 11) is 0. The van der Waals surface area contributed by atoms with Gasteiger partial charge in [-0.25, -0.2) is 4.79 Å². The lowest BCUT2D eigenvalue weighted by Crippen LogP contribution is -2.55. The van der Waals surface area contributed by atoms with Gasteiger partial charge in [0.2, 0.25) is 5.75 Å². The first kappa shape index (κ1) is 17.2. The first-order valence-electron chi connectivity index (χ1n) is 6.52. The zero-order valence-corrected chi connectivity index (χ0v) is 11.6. The van der Waals surface area contributed by atoms with Crippen molar-refractivity contribution < 1.29 is 50.4 Å². The fourth-order valence-electron chi connectivity index (χ4n) is 2.46. The smallest absolute Gasteiger partial charge is 0.336 e. The minimum atomic E-state index is -1.86. The SMILES string of the molecule is O=C(O)c1cc(O)c(O)c(O)c1[C@H]1O[C@H](CO)[C@@H](O)[C@H](O)[C@H]1O. The minimum Gasteiger partial charge on any atom is -0.504 e. The molecule has 0 saturated carbocycles. The Morgan fingerprint density at radius 2 is 1.65 bits per heavy atom. The highest BCUT2D eigenvalue weighted by molar-refractivity contribution is 5.92. The van der Waals surface area contributed by atoms with Crippen LogP contribution in [0.15, 0.2) is 6.07 Å². The van der Waals surface area contributed by atoms with E-state index in [9.17, 15) is 35.4 Å². The zero-order chi connectivity index (χ0) is 17.5. The number of aromatic carboxylic acids is 1. The van der Waals surface area contributed by atoms with Gasteiger partial charge in [0.05, 0.1) is 12.2 Å². The number of carbonyl (C=O) groups is 1. The van der Waals surface area contributed by atoms with Crippen LogP contribution in [0.3, 0.4) is 0 Å². The second-order valence-corrected chi connectivity index (χ2v) is 5.11. The highest BCUT2D eigenvalue weighted by Crippen LogP contribution is 2.46. The summed E-state index contributed by atoms with van der Waals surface area (Å²) in [6, 6.07) is 0.633. The van der Waals surface area contributed by atoms with Crippen molar-refractivity contribution in [1.82, 2.24) is 0 Å². The predicted octanol–water partition coefficient (Wildman–Crippen LogP) is -1.98. The van der Waals surface area contributed by atoms with Crippen LogP contribution in [-0.2, 0) is 4.74 Å². The molecule has 1 aliphatic heterocycles. The van der Waals surface area contributed by atoms with Gasteiger partial charge in [-0.15, -0.1) is 0 Å². The fraction of sp³-hybridized carbons (Fsp3) is 0.462. The van der Waals surface area contributed by atoms with Crippen LogP contribution in [0.2, 0.25) is 0 Å². The maximum Gasteiger partial charge on any atom is 0.336 e. The molecule has 5 atom stereocenters. The highest BCUT2D eigenvalue weighted by Gasteiger charge is 2.46. The van der Waals surface area contributed by atoms with E-state index >= 15 is 0 Å². The Morgan fingerprint density at radius 1 is 1.04 bits per heavy atom. The molecule has 1 fully saturated rings. The largest absolute Gasteiger partial charge is 0.504 e. The molecule has 0 spiro atoms. The Hall–Kier alpha value is -2.11. The van der Waals surface area contributed by atoms with Gasteiger partial charge in [-0.3, -0.25) is 0 Å². The predicted molar refractivity (Wildman–Crippen MR) is 71.1 cm³/mol. The van der Waals surface area contributed by atoms with Crippen LogP contribution in [0.5, 0.6) is 17.2 Å². The molecule has 10 nitrogen and oxygen atoms in total. The van der Waals surface area contributed by atoms with Crippen LogP contribution in [0, 0.1) is 0 Å². The van der Waals surface area contributed by atoms with Crippen molar-refractivity contribution in [2.75, 3.05) is 6.61 Å². The van der Waals surface area contributed by atoms with E-state index in [1.807, 2.05) is 0 Å². The standard InChI is InChI=1S/C13H16O10/c14-2-5-8(17)10(19)11(20)12(23-5)6-3(13(21)22)1-4(15)7(16)9(6)18/h1,5,8,10-12,14-20H,2H2,(H,21,22)/t5-,8-,10+,11-,12-/m1/s1. The molecule has 1 heterocycles. The van der Waals surface area contributed by atoms with Gasteiger partial charge in [-0.05, 0) is 6.07 Å². The molecule has 0 unspecified atom stereocenters. The number of aliphatic hydroxyl groups excluding tert-OH is 4. The second kappa shape index (κ2) is 6.18. The number of benzene rings is 1. The first-order valence-corrected chi connectivity index (χ1v) is 6.52. The van der Waals surface area contributed by atoms with E-state index in [4.69, 9.17) is 14.9 Å². The van der Waals surface area contributed by atoms with Gasteiger partial charge in [0.25, 0.3) is 0 Å². The van der Waals surface area contributed by atoms with Crippen LogP contribution < -0.4 is 0 Å². The molecular formula is C13H16O10. The number of hydrogen-bond donors (Lipinski definition) is 8. The number of hydrogen-bond acceptors (Lipinski definition) is 9. The number of aromatic hydroxyl groups is 3. The Balaban J connectivity index is 2.60. The van der Waals surface area contributed by atoms with Gasteiger partial charge in [0, 0.05) is 5.56 Å². The Bertz CT molecular complexity index is 613. The molecule has 0 radical (unpaired) electrons. The Morgan fingerprint density at radius 3 is 2.17 bits per heavy atom. The lowest BCUT2D eigenvalue weighted by atomic mass is 9.88. The molecule has 1 aliphatic rings. The molecule has 128 valence electrons. The summed E-state index contributed by atoms with van der Waals surface area (Å²) in [5.41, 5.74) is -1.30. The number of carboxylic acids is 1. The van der Waals surface area contributed by atoms with E-state index in [-0.39, 0.29) is 0 Å². The summed E-state index contributed by atoms with van der Waals surface area (Å²) in [5.74, 6) is -4.62. The number of rotatable bonds is 3. The van der Waals surface area contributed by atoms with Gasteiger partial charge < -0.3 is 45.6 Å². The average Bonchev–Trinajstić information content (AvgIpc) is 2.51. The molecule has 0 bridgehead atoms. The van der Waals surface area contributed by atoms with Crippen molar-refractivity contribution in [3.8, 4) is 17.2 Å². The van der Waals surface area contributed by atoms with Crippen molar-refractivity contribution in [3.05, 3.63) is 17.2 Å². The van der Waals surface area contributed by atoms with Gasteiger partial charge >= 0.3 is 5.97 Å². The molecule has 1 saturated heterocycles. The lowest BCUT2D eigenvalue weighted by Gasteiger charge is -2.40. The van der Waals surface area contributed by atoms with Gasteiger partial charge in [0.1, 0.15) is 30.5 Å². The van der Waals surface area contributed by atoms with Crippen molar-refractivity contribution in [1.29, 1.82) is 0 Å². The van der Waals surface area contributed by atoms with Crippen LogP contribution in [0.1, 0.15) is 22.0 Å². The third-order valence-corrected chi connectivity index (χ3v) is 3.70. The zero-order valence-electron chi connectivity index (χ0n) is 11.6. The Labute approximate surface area is 129 Å². The van der Waals surface area contributed by atoms with Crippen LogP contribution in [0.25, 0.3) is 0 Å². The Kier molecular flexibility index (Phi) is 4.63. The third-order valence-electron chi connectivity index (χ3n) is 3.70. The molecule has 1 aromatic rings. The first-order chi connectivity index (χ1) is 10.7. The van der Waals surface area contributed by atoms with E-state index in [1.54, 1.807) is 0 Å². The van der Waals surface area contributed by atoms with Gasteiger partial charge in [-0.2, -0.15) is 0 Å². The fourth-order valence-corrected chi connectivity index (χ4v) is 2.46. The molecule has 0 amide bonds. The van der Waals surface area contributed by atoms with Crippen molar-refractivity contribution in [3.63, 3.8) is 0 Å². The normalized spacial score (nSPS) is 31.0. The number of ether oxygens (including phenoxy) is 1. The van der Waals surface area contributed by atoms with E-state index in [1.165, 1.54) is 0 Å². The van der Waals surface area contributed by atoms with Gasteiger partial charge in [0.15, 0.2) is 11.5 Å². The topological polar surface area (TPSA) is 188 Å². The van der Waals surface area contributed by atoms with Crippen LogP contribution in [0.4, 0.5) is 0 Å². The maximum atomic E-state index is 11.3. The molecule has 0 aromatic heterocycles. The molecule has 2 rings (SSSR count). The van der Waals surface area contributed by atoms with E-state index in [2.05, 4.69) is 0 Å². The lowest BCUT2D eigenvalue weighted by molar-refractivity contribution is -0.232. The van der Waals surface area contributed by atoms with E-state index in [0.717, 1.165) is 0 Å². The minimum absolute atomic E-state index is 0.607. The number of phenolic OH excluding ortho intramolecular Hbond substituents is 3. The number of aliphatic hydroxyl groups is 4. The monoisotopic (exact) mass is 332 g/mol. The summed E-state index contributed by atoms with van der Waals surface area (Å²) in [5, 5.41) is 76.6. The number of phenols is 3. The van der Waals surface area contributed by atoms with E-state index in [0.29, 0.717) is 6.07 Å². The summed E-state index contributed by atoms with van der Waals surface area (Å²) >= 11 is 0. The summed E-state index contributed by atoms with van der Waals surface area (Å²) < 4.78 is 5.16. The van der Waals surface area contributed by atoms with Crippen molar-refractivity contribution >= 4 is 5.97 Å². The molecule has 0 aliphatic carbocycles. The molecule has 8 N–H and O–H groups in total. The average molecular weight is 332 g/mol. The second-order valence-electron chi connectivity index (χ2n) is 5.11. The molecule has 23 heavy (non-hydrogen) atoms. The van der Waals surface area contributed by atoms with Gasteiger partial charge in [-0.1, -0.05) is 0 Å². The molecular weight excluding hydrogens is 316 g/mol. The number of carboxylic acid groups (broad SMARTS) is 1. The third kappa shape index (κ3) is 2.78. The molecule has 10 heteroatoms. The summed E-state index contributed by atoms with van der Waals surface area (Å²) in [6.07, 6.45) is -8.35. The van der Waals surface area contributed by atoms with Crippen LogP contribution >= 0.6 is 0 Å². The van der Waals surface area contributed by atoms with E-state index < -0.39 is 71.5 Å². The quantitative estimate of drug-likeness (QED) is 0.288.